The Balaban J connectivity index is 1.45. The van der Waals surface area contributed by atoms with Crippen molar-refractivity contribution in [1.82, 2.24) is 19.9 Å². The maximum atomic E-state index is 13.0. The predicted octanol–water partition coefficient (Wildman–Crippen LogP) is 2.90. The van der Waals surface area contributed by atoms with Crippen molar-refractivity contribution in [3.05, 3.63) is 60.6 Å². The summed E-state index contributed by atoms with van der Waals surface area (Å²) in [5.41, 5.74) is 3.59. The Hall–Kier alpha value is -3.02. The first kappa shape index (κ1) is 17.4. The first-order valence-corrected chi connectivity index (χ1v) is 9.31. The first-order chi connectivity index (χ1) is 13.2. The van der Waals surface area contributed by atoms with Gasteiger partial charge in [-0.05, 0) is 24.5 Å². The molecular formula is C21H23N5O. The van der Waals surface area contributed by atoms with Crippen LogP contribution in [0.5, 0.6) is 0 Å². The maximum Gasteiger partial charge on any atom is 0.227 e. The van der Waals surface area contributed by atoms with E-state index in [4.69, 9.17) is 0 Å². The van der Waals surface area contributed by atoms with Crippen molar-refractivity contribution in [1.29, 1.82) is 0 Å². The Kier molecular flexibility index (Phi) is 4.96. The van der Waals surface area contributed by atoms with Crippen LogP contribution in [0.3, 0.4) is 0 Å². The number of fused-ring (bicyclic) bond motifs is 1. The zero-order valence-corrected chi connectivity index (χ0v) is 15.5. The highest BCUT2D eigenvalue weighted by molar-refractivity contribution is 5.80. The van der Waals surface area contributed by atoms with Crippen LogP contribution in [0.1, 0.15) is 18.4 Å². The number of anilines is 1. The van der Waals surface area contributed by atoms with E-state index in [1.54, 1.807) is 12.4 Å². The molecule has 1 fully saturated rings. The van der Waals surface area contributed by atoms with Gasteiger partial charge >= 0.3 is 0 Å². The lowest BCUT2D eigenvalue weighted by molar-refractivity contribution is -0.135. The molecule has 0 aliphatic carbocycles. The second-order valence-corrected chi connectivity index (χ2v) is 7.06. The summed E-state index contributed by atoms with van der Waals surface area (Å²) in [7, 11) is 1.89. The van der Waals surface area contributed by atoms with E-state index in [1.807, 2.05) is 42.4 Å². The Morgan fingerprint density at radius 2 is 2.00 bits per heavy atom. The van der Waals surface area contributed by atoms with Gasteiger partial charge in [-0.15, -0.1) is 0 Å². The standard InChI is InChI=1S/C21H23N5O/c1-25(14-16-6-3-2-4-7-16)21(27)17-8-5-11-26(15-17)18-12-19-20(24-13-18)23-10-9-22-19/h2-4,6-7,9-10,12-13,17H,5,8,11,14-15H2,1H3. The highest BCUT2D eigenvalue weighted by atomic mass is 16.2. The highest BCUT2D eigenvalue weighted by Crippen LogP contribution is 2.25. The van der Waals surface area contributed by atoms with Crippen LogP contribution >= 0.6 is 0 Å². The number of carbonyl (C=O) groups is 1. The molecule has 1 atom stereocenters. The molecule has 138 valence electrons. The SMILES string of the molecule is CN(Cc1ccccc1)C(=O)C1CCCN(c2cnc3nccnc3c2)C1. The van der Waals surface area contributed by atoms with Gasteiger partial charge in [0.2, 0.25) is 5.91 Å². The van der Waals surface area contributed by atoms with E-state index in [0.717, 1.165) is 36.2 Å². The number of amides is 1. The second kappa shape index (κ2) is 7.70. The fourth-order valence-corrected chi connectivity index (χ4v) is 3.68. The molecule has 6 heteroatoms. The van der Waals surface area contributed by atoms with E-state index < -0.39 is 0 Å². The van der Waals surface area contributed by atoms with Crippen LogP contribution in [0.15, 0.2) is 55.0 Å². The Morgan fingerprint density at radius 3 is 2.85 bits per heavy atom. The lowest BCUT2D eigenvalue weighted by Crippen LogP contribution is -2.43. The van der Waals surface area contributed by atoms with Gasteiger partial charge in [0.05, 0.1) is 17.8 Å². The lowest BCUT2D eigenvalue weighted by Gasteiger charge is -2.35. The molecule has 1 aliphatic heterocycles. The zero-order chi connectivity index (χ0) is 18.6. The molecule has 27 heavy (non-hydrogen) atoms. The molecular weight excluding hydrogens is 338 g/mol. The molecule has 0 bridgehead atoms. The Labute approximate surface area is 158 Å². The normalized spacial score (nSPS) is 17.1. The summed E-state index contributed by atoms with van der Waals surface area (Å²) < 4.78 is 0. The largest absolute Gasteiger partial charge is 0.369 e. The molecule has 1 aromatic carbocycles. The predicted molar refractivity (Wildman–Crippen MR) is 105 cm³/mol. The summed E-state index contributed by atoms with van der Waals surface area (Å²) in [6.45, 7) is 2.29. The van der Waals surface area contributed by atoms with Crippen LogP contribution in [0.2, 0.25) is 0 Å². The molecule has 0 radical (unpaired) electrons. The number of aromatic nitrogens is 3. The molecule has 6 nitrogen and oxygen atoms in total. The molecule has 0 spiro atoms. The third kappa shape index (κ3) is 3.89. The van der Waals surface area contributed by atoms with E-state index in [9.17, 15) is 4.79 Å². The number of pyridine rings is 1. The van der Waals surface area contributed by atoms with Crippen LogP contribution < -0.4 is 4.90 Å². The number of carbonyl (C=O) groups excluding carboxylic acids is 1. The molecule has 3 heterocycles. The molecule has 3 aromatic rings. The average Bonchev–Trinajstić information content (AvgIpc) is 2.73. The number of hydrogen-bond acceptors (Lipinski definition) is 5. The van der Waals surface area contributed by atoms with Crippen molar-refractivity contribution in [2.75, 3.05) is 25.0 Å². The highest BCUT2D eigenvalue weighted by Gasteiger charge is 2.28. The van der Waals surface area contributed by atoms with E-state index >= 15 is 0 Å². The number of nitrogens with zero attached hydrogens (tertiary/aromatic N) is 5. The van der Waals surface area contributed by atoms with Crippen molar-refractivity contribution in [2.45, 2.75) is 19.4 Å². The van der Waals surface area contributed by atoms with Gasteiger partial charge in [0.15, 0.2) is 5.65 Å². The van der Waals surface area contributed by atoms with E-state index in [1.165, 1.54) is 0 Å². The van der Waals surface area contributed by atoms with E-state index in [2.05, 4.69) is 32.0 Å². The van der Waals surface area contributed by atoms with Crippen LogP contribution in [-0.4, -0.2) is 45.9 Å². The van der Waals surface area contributed by atoms with Crippen molar-refractivity contribution in [2.24, 2.45) is 5.92 Å². The number of hydrogen-bond donors (Lipinski definition) is 0. The van der Waals surface area contributed by atoms with Crippen molar-refractivity contribution in [3.63, 3.8) is 0 Å². The van der Waals surface area contributed by atoms with Gasteiger partial charge in [-0.3, -0.25) is 9.78 Å². The van der Waals surface area contributed by atoms with Gasteiger partial charge in [-0.1, -0.05) is 30.3 Å². The Morgan fingerprint density at radius 1 is 1.19 bits per heavy atom. The summed E-state index contributed by atoms with van der Waals surface area (Å²) in [5, 5.41) is 0. The number of rotatable bonds is 4. The average molecular weight is 361 g/mol. The van der Waals surface area contributed by atoms with Crippen LogP contribution in [0, 0.1) is 5.92 Å². The summed E-state index contributed by atoms with van der Waals surface area (Å²) in [5.74, 6) is 0.210. The molecule has 1 amide bonds. The monoisotopic (exact) mass is 361 g/mol. The summed E-state index contributed by atoms with van der Waals surface area (Å²) in [6.07, 6.45) is 7.07. The van der Waals surface area contributed by atoms with Gasteiger partial charge in [0.1, 0.15) is 5.52 Å². The van der Waals surface area contributed by atoms with Crippen molar-refractivity contribution >= 4 is 22.8 Å². The van der Waals surface area contributed by atoms with E-state index in [-0.39, 0.29) is 11.8 Å². The molecule has 1 unspecified atom stereocenters. The minimum absolute atomic E-state index is 0.00465. The minimum atomic E-state index is 0.00465. The van der Waals surface area contributed by atoms with Gasteiger partial charge in [-0.25, -0.2) is 9.97 Å². The maximum absolute atomic E-state index is 13.0. The summed E-state index contributed by atoms with van der Waals surface area (Å²) in [4.78, 5) is 30.0. The second-order valence-electron chi connectivity index (χ2n) is 7.06. The fraction of sp³-hybridized carbons (Fsp3) is 0.333. The topological polar surface area (TPSA) is 62.2 Å². The van der Waals surface area contributed by atoms with Crippen molar-refractivity contribution < 1.29 is 4.79 Å². The van der Waals surface area contributed by atoms with Gasteiger partial charge in [0, 0.05) is 39.1 Å². The van der Waals surface area contributed by atoms with Gasteiger partial charge in [0.25, 0.3) is 0 Å². The summed E-state index contributed by atoms with van der Waals surface area (Å²) in [6, 6.07) is 12.1. The fourth-order valence-electron chi connectivity index (χ4n) is 3.68. The molecule has 1 aliphatic rings. The number of benzene rings is 1. The molecule has 1 saturated heterocycles. The first-order valence-electron chi connectivity index (χ1n) is 9.31. The third-order valence-electron chi connectivity index (χ3n) is 5.08. The van der Waals surface area contributed by atoms with Crippen molar-refractivity contribution in [3.8, 4) is 0 Å². The summed E-state index contributed by atoms with van der Waals surface area (Å²) >= 11 is 0. The zero-order valence-electron chi connectivity index (χ0n) is 15.5. The minimum Gasteiger partial charge on any atom is -0.369 e. The molecule has 4 rings (SSSR count). The van der Waals surface area contributed by atoms with Gasteiger partial charge < -0.3 is 9.80 Å². The Bertz CT molecular complexity index is 930. The quantitative estimate of drug-likeness (QED) is 0.715. The smallest absolute Gasteiger partial charge is 0.227 e. The van der Waals surface area contributed by atoms with Crippen LogP contribution in [0.4, 0.5) is 5.69 Å². The van der Waals surface area contributed by atoms with Gasteiger partial charge in [-0.2, -0.15) is 0 Å². The van der Waals surface area contributed by atoms with Crippen LogP contribution in [0.25, 0.3) is 11.2 Å². The molecule has 0 saturated carbocycles. The third-order valence-corrected chi connectivity index (χ3v) is 5.08. The molecule has 0 N–H and O–H groups in total. The number of piperidine rings is 1. The lowest BCUT2D eigenvalue weighted by atomic mass is 9.96. The van der Waals surface area contributed by atoms with Crippen LogP contribution in [-0.2, 0) is 11.3 Å². The van der Waals surface area contributed by atoms with E-state index in [0.29, 0.717) is 18.7 Å². The molecule has 2 aromatic heterocycles.